The van der Waals surface area contributed by atoms with Crippen LogP contribution in [0.5, 0.6) is 0 Å². The quantitative estimate of drug-likeness (QED) is 0.591. The molecule has 2 nitrogen and oxygen atoms in total. The Bertz CT molecular complexity index is 886. The van der Waals surface area contributed by atoms with Gasteiger partial charge in [-0.3, -0.25) is 0 Å². The van der Waals surface area contributed by atoms with Crippen LogP contribution in [0.15, 0.2) is 60.7 Å². The molecule has 5 heteroatoms. The van der Waals surface area contributed by atoms with Gasteiger partial charge in [0.25, 0.3) is 0 Å². The van der Waals surface area contributed by atoms with E-state index in [1.165, 1.54) is 0 Å². The van der Waals surface area contributed by atoms with Gasteiger partial charge in [-0.25, -0.2) is 4.79 Å². The first kappa shape index (κ1) is 15.2. The SMILES string of the molecule is O=C(c1c(Cl)cccc1Cl)[P+](=O)c1ccc2ccccc2c1. The van der Waals surface area contributed by atoms with E-state index in [4.69, 9.17) is 23.2 Å². The number of rotatable bonds is 3. The maximum Gasteiger partial charge on any atom is 0.458 e. The molecule has 22 heavy (non-hydrogen) atoms. The second-order valence-electron chi connectivity index (χ2n) is 4.73. The van der Waals surface area contributed by atoms with E-state index >= 15 is 0 Å². The van der Waals surface area contributed by atoms with Crippen LogP contribution in [0.2, 0.25) is 10.0 Å². The van der Waals surface area contributed by atoms with Crippen molar-refractivity contribution < 1.29 is 9.36 Å². The first-order valence-corrected chi connectivity index (χ1v) is 8.54. The molecule has 0 bridgehead atoms. The molecule has 1 unspecified atom stereocenters. The van der Waals surface area contributed by atoms with E-state index in [1.54, 1.807) is 30.3 Å². The molecule has 0 aliphatic heterocycles. The van der Waals surface area contributed by atoms with E-state index < -0.39 is 13.3 Å². The highest BCUT2D eigenvalue weighted by atomic mass is 35.5. The third kappa shape index (κ3) is 2.78. The number of carbonyl (C=O) groups is 1. The molecule has 3 aromatic carbocycles. The summed E-state index contributed by atoms with van der Waals surface area (Å²) in [6.45, 7) is 0. The van der Waals surface area contributed by atoms with Crippen molar-refractivity contribution >= 4 is 52.6 Å². The van der Waals surface area contributed by atoms with Gasteiger partial charge in [-0.15, -0.1) is 0 Å². The Morgan fingerprint density at radius 2 is 1.45 bits per heavy atom. The summed E-state index contributed by atoms with van der Waals surface area (Å²) in [5, 5.41) is 2.84. The highest BCUT2D eigenvalue weighted by Gasteiger charge is 2.35. The predicted molar refractivity (Wildman–Crippen MR) is 92.0 cm³/mol. The highest BCUT2D eigenvalue weighted by Crippen LogP contribution is 2.34. The minimum atomic E-state index is -2.28. The number of halogens is 2. The Hall–Kier alpha value is -1.73. The molecule has 0 aromatic heterocycles. The van der Waals surface area contributed by atoms with Crippen LogP contribution in [-0.2, 0) is 4.57 Å². The summed E-state index contributed by atoms with van der Waals surface area (Å²) >= 11 is 12.0. The van der Waals surface area contributed by atoms with Gasteiger partial charge in [0.1, 0.15) is 5.56 Å². The van der Waals surface area contributed by atoms with Crippen LogP contribution in [-0.4, -0.2) is 5.52 Å². The zero-order valence-electron chi connectivity index (χ0n) is 11.3. The summed E-state index contributed by atoms with van der Waals surface area (Å²) in [6, 6.07) is 17.8. The summed E-state index contributed by atoms with van der Waals surface area (Å²) in [5.41, 5.74) is -0.444. The molecule has 108 valence electrons. The van der Waals surface area contributed by atoms with Crippen LogP contribution in [0.3, 0.4) is 0 Å². The Morgan fingerprint density at radius 1 is 0.818 bits per heavy atom. The van der Waals surface area contributed by atoms with Crippen LogP contribution >= 0.6 is 31.0 Å². The molecular formula is C17H10Cl2O2P+. The summed E-state index contributed by atoms with van der Waals surface area (Å²) in [6.07, 6.45) is 0. The van der Waals surface area contributed by atoms with E-state index in [9.17, 15) is 9.36 Å². The van der Waals surface area contributed by atoms with Gasteiger partial charge >= 0.3 is 13.3 Å². The number of carbonyl (C=O) groups excluding carboxylic acids is 1. The van der Waals surface area contributed by atoms with Gasteiger partial charge in [0.05, 0.1) is 10.0 Å². The van der Waals surface area contributed by atoms with Crippen molar-refractivity contribution in [3.63, 3.8) is 0 Å². The minimum Gasteiger partial charge on any atom is -0.234 e. The molecule has 0 radical (unpaired) electrons. The molecule has 0 aliphatic carbocycles. The van der Waals surface area contributed by atoms with Crippen molar-refractivity contribution in [2.24, 2.45) is 0 Å². The molecule has 0 heterocycles. The van der Waals surface area contributed by atoms with E-state index in [2.05, 4.69) is 0 Å². The van der Waals surface area contributed by atoms with Gasteiger partial charge < -0.3 is 0 Å². The van der Waals surface area contributed by atoms with Crippen molar-refractivity contribution in [2.45, 2.75) is 0 Å². The number of hydrogen-bond donors (Lipinski definition) is 0. The standard InChI is InChI=1S/C17H10Cl2O2P/c18-14-6-3-7-15(19)16(14)17(20)22(21)13-9-8-11-4-1-2-5-12(11)10-13/h1-10H/q+1. The van der Waals surface area contributed by atoms with Crippen molar-refractivity contribution in [1.82, 2.24) is 0 Å². The van der Waals surface area contributed by atoms with E-state index in [0.29, 0.717) is 5.30 Å². The largest absolute Gasteiger partial charge is 0.458 e. The maximum absolute atomic E-state index is 12.6. The molecule has 0 fully saturated rings. The normalized spacial score (nSPS) is 11.5. The fraction of sp³-hybridized carbons (Fsp3) is 0. The van der Waals surface area contributed by atoms with Gasteiger partial charge in [0.2, 0.25) is 0 Å². The molecule has 0 spiro atoms. The second kappa shape index (κ2) is 6.18. The summed E-state index contributed by atoms with van der Waals surface area (Å²) in [4.78, 5) is 12.5. The first-order chi connectivity index (χ1) is 10.6. The monoisotopic (exact) mass is 347 g/mol. The maximum atomic E-state index is 12.6. The lowest BCUT2D eigenvalue weighted by Gasteiger charge is -1.99. The number of benzene rings is 3. The Balaban J connectivity index is 2.03. The summed E-state index contributed by atoms with van der Waals surface area (Å²) in [7, 11) is -2.28. The molecule has 0 aliphatic rings. The smallest absolute Gasteiger partial charge is 0.234 e. The van der Waals surface area contributed by atoms with Crippen molar-refractivity contribution in [3.05, 3.63) is 76.3 Å². The fourth-order valence-electron chi connectivity index (χ4n) is 2.22. The van der Waals surface area contributed by atoms with Crippen molar-refractivity contribution in [1.29, 1.82) is 0 Å². The van der Waals surface area contributed by atoms with Crippen LogP contribution in [0.4, 0.5) is 0 Å². The first-order valence-electron chi connectivity index (χ1n) is 6.52. The summed E-state index contributed by atoms with van der Waals surface area (Å²) in [5.74, 6) is 0. The van der Waals surface area contributed by atoms with Crippen molar-refractivity contribution in [2.75, 3.05) is 0 Å². The average molecular weight is 348 g/mol. The molecular weight excluding hydrogens is 338 g/mol. The van der Waals surface area contributed by atoms with Gasteiger partial charge in [-0.05, 0) is 41.1 Å². The highest BCUT2D eigenvalue weighted by molar-refractivity contribution is 7.71. The van der Waals surface area contributed by atoms with E-state index in [-0.39, 0.29) is 15.6 Å². The number of fused-ring (bicyclic) bond motifs is 1. The Kier molecular flexibility index (Phi) is 4.26. The third-order valence-electron chi connectivity index (χ3n) is 3.33. The lowest BCUT2D eigenvalue weighted by Crippen LogP contribution is -2.05. The molecule has 0 N–H and O–H groups in total. The molecule has 0 amide bonds. The lowest BCUT2D eigenvalue weighted by molar-refractivity contribution is 0.108. The van der Waals surface area contributed by atoms with Gasteiger partial charge in [-0.2, -0.15) is 0 Å². The lowest BCUT2D eigenvalue weighted by atomic mass is 10.1. The molecule has 0 saturated carbocycles. The van der Waals surface area contributed by atoms with Gasteiger partial charge in [-0.1, -0.05) is 58.1 Å². The van der Waals surface area contributed by atoms with E-state index in [1.807, 2.05) is 30.3 Å². The average Bonchev–Trinajstić information content (AvgIpc) is 2.53. The topological polar surface area (TPSA) is 34.1 Å². The summed E-state index contributed by atoms with van der Waals surface area (Å²) < 4.78 is 12.6. The van der Waals surface area contributed by atoms with Crippen LogP contribution in [0.25, 0.3) is 10.8 Å². The zero-order chi connectivity index (χ0) is 15.7. The van der Waals surface area contributed by atoms with Crippen LogP contribution in [0, 0.1) is 0 Å². The van der Waals surface area contributed by atoms with E-state index in [0.717, 1.165) is 10.8 Å². The Morgan fingerprint density at radius 3 is 2.14 bits per heavy atom. The zero-order valence-corrected chi connectivity index (χ0v) is 13.7. The third-order valence-corrected chi connectivity index (χ3v) is 5.30. The molecule has 3 aromatic rings. The van der Waals surface area contributed by atoms with Crippen LogP contribution < -0.4 is 5.30 Å². The Labute approximate surface area is 138 Å². The van der Waals surface area contributed by atoms with Gasteiger partial charge in [0.15, 0.2) is 5.30 Å². The molecule has 3 rings (SSSR count). The molecule has 0 saturated heterocycles. The van der Waals surface area contributed by atoms with Crippen LogP contribution in [0.1, 0.15) is 10.4 Å². The minimum absolute atomic E-state index is 0.111. The predicted octanol–water partition coefficient (Wildman–Crippen LogP) is 5.44. The van der Waals surface area contributed by atoms with Gasteiger partial charge in [0, 0.05) is 0 Å². The molecule has 1 atom stereocenters. The van der Waals surface area contributed by atoms with Crippen molar-refractivity contribution in [3.8, 4) is 0 Å². The number of hydrogen-bond acceptors (Lipinski definition) is 2. The fourth-order valence-corrected chi connectivity index (χ4v) is 4.07. The second-order valence-corrected chi connectivity index (χ2v) is 7.05.